The fourth-order valence-electron chi connectivity index (χ4n) is 1.67. The molecule has 0 radical (unpaired) electrons. The van der Waals surface area contributed by atoms with Gasteiger partial charge in [-0.1, -0.05) is 13.8 Å². The maximum Gasteiger partial charge on any atom is 0.410 e. The van der Waals surface area contributed by atoms with Gasteiger partial charge in [-0.2, -0.15) is 13.2 Å². The van der Waals surface area contributed by atoms with Gasteiger partial charge in [0, 0.05) is 18.4 Å². The van der Waals surface area contributed by atoms with Crippen LogP contribution in [0.1, 0.15) is 13.8 Å². The molecular formula is C9H13F3N2O2. The van der Waals surface area contributed by atoms with Gasteiger partial charge in [-0.25, -0.2) is 0 Å². The van der Waals surface area contributed by atoms with Crippen LogP contribution in [0.25, 0.3) is 0 Å². The molecule has 1 rings (SSSR count). The molecule has 16 heavy (non-hydrogen) atoms. The monoisotopic (exact) mass is 238 g/mol. The number of hydrogen-bond acceptors (Lipinski definition) is 3. The molecule has 3 unspecified atom stereocenters. The molecule has 1 fully saturated rings. The molecule has 0 aliphatic carbocycles. The summed E-state index contributed by atoms with van der Waals surface area (Å²) >= 11 is 0. The van der Waals surface area contributed by atoms with Crippen molar-refractivity contribution in [3.05, 3.63) is 0 Å². The SMILES string of the molecule is CC1C(=O)N(C(CN)C(F)(F)F)C(=O)C1C. The number of rotatable bonds is 2. The van der Waals surface area contributed by atoms with Crippen LogP contribution in [0.4, 0.5) is 13.2 Å². The second-order valence-electron chi connectivity index (χ2n) is 3.92. The molecule has 2 amide bonds. The van der Waals surface area contributed by atoms with Gasteiger partial charge in [0.1, 0.15) is 6.04 Å². The van der Waals surface area contributed by atoms with Crippen molar-refractivity contribution in [2.45, 2.75) is 26.1 Å². The van der Waals surface area contributed by atoms with Crippen LogP contribution in [0.5, 0.6) is 0 Å². The first-order valence-corrected chi connectivity index (χ1v) is 4.85. The van der Waals surface area contributed by atoms with Crippen molar-refractivity contribution in [2.75, 3.05) is 6.54 Å². The zero-order chi connectivity index (χ0) is 12.7. The smallest absolute Gasteiger partial charge is 0.328 e. The first kappa shape index (κ1) is 13.0. The summed E-state index contributed by atoms with van der Waals surface area (Å²) < 4.78 is 37.6. The molecule has 1 aliphatic heterocycles. The fraction of sp³-hybridized carbons (Fsp3) is 0.778. The zero-order valence-corrected chi connectivity index (χ0v) is 8.91. The minimum absolute atomic E-state index is 0.259. The minimum Gasteiger partial charge on any atom is -0.328 e. The zero-order valence-electron chi connectivity index (χ0n) is 8.91. The molecule has 0 aromatic rings. The number of hydrogen-bond donors (Lipinski definition) is 1. The number of alkyl halides is 3. The van der Waals surface area contributed by atoms with Crippen molar-refractivity contribution in [1.29, 1.82) is 0 Å². The van der Waals surface area contributed by atoms with Gasteiger partial charge in [-0.05, 0) is 0 Å². The highest BCUT2D eigenvalue weighted by Crippen LogP contribution is 2.33. The Bertz CT molecular complexity index is 296. The lowest BCUT2D eigenvalue weighted by Crippen LogP contribution is -2.53. The lowest BCUT2D eigenvalue weighted by Gasteiger charge is -2.27. The van der Waals surface area contributed by atoms with Crippen LogP contribution in [0.2, 0.25) is 0 Å². The van der Waals surface area contributed by atoms with Crippen molar-refractivity contribution >= 4 is 11.8 Å². The molecule has 2 N–H and O–H groups in total. The molecule has 1 aliphatic rings. The molecular weight excluding hydrogens is 225 g/mol. The van der Waals surface area contributed by atoms with Gasteiger partial charge < -0.3 is 5.73 Å². The number of imide groups is 1. The highest BCUT2D eigenvalue weighted by atomic mass is 19.4. The Morgan fingerprint density at radius 1 is 1.25 bits per heavy atom. The van der Waals surface area contributed by atoms with Gasteiger partial charge in [0.05, 0.1) is 0 Å². The number of carbonyl (C=O) groups is 2. The van der Waals surface area contributed by atoms with Gasteiger partial charge in [-0.15, -0.1) is 0 Å². The Morgan fingerprint density at radius 3 is 1.88 bits per heavy atom. The summed E-state index contributed by atoms with van der Waals surface area (Å²) in [4.78, 5) is 23.3. The van der Waals surface area contributed by atoms with E-state index >= 15 is 0 Å². The fourth-order valence-corrected chi connectivity index (χ4v) is 1.67. The van der Waals surface area contributed by atoms with Gasteiger partial charge in [0.15, 0.2) is 0 Å². The highest BCUT2D eigenvalue weighted by Gasteiger charge is 2.53. The quantitative estimate of drug-likeness (QED) is 0.713. The van der Waals surface area contributed by atoms with E-state index in [1.54, 1.807) is 0 Å². The lowest BCUT2D eigenvalue weighted by atomic mass is 10.00. The molecule has 0 aromatic carbocycles. The number of nitrogens with two attached hydrogens (primary N) is 1. The van der Waals surface area contributed by atoms with Crippen LogP contribution in [-0.4, -0.2) is 35.5 Å². The molecule has 0 aromatic heterocycles. The third-order valence-electron chi connectivity index (χ3n) is 2.92. The molecule has 1 saturated heterocycles. The maximum absolute atomic E-state index is 12.5. The van der Waals surface area contributed by atoms with Crippen LogP contribution in [0.15, 0.2) is 0 Å². The van der Waals surface area contributed by atoms with E-state index in [4.69, 9.17) is 5.73 Å². The summed E-state index contributed by atoms with van der Waals surface area (Å²) in [5.41, 5.74) is 4.99. The van der Waals surface area contributed by atoms with Crippen LogP contribution in [-0.2, 0) is 9.59 Å². The third kappa shape index (κ3) is 1.91. The number of likely N-dealkylation sites (tertiary alicyclic amines) is 1. The summed E-state index contributed by atoms with van der Waals surface area (Å²) in [6.45, 7) is 2.07. The average molecular weight is 238 g/mol. The van der Waals surface area contributed by atoms with E-state index in [0.717, 1.165) is 0 Å². The Hall–Kier alpha value is -1.11. The summed E-state index contributed by atoms with van der Waals surface area (Å²) in [5.74, 6) is -3.04. The number of carbonyl (C=O) groups excluding carboxylic acids is 2. The maximum atomic E-state index is 12.5. The molecule has 92 valence electrons. The van der Waals surface area contributed by atoms with Crippen LogP contribution in [0.3, 0.4) is 0 Å². The largest absolute Gasteiger partial charge is 0.410 e. The van der Waals surface area contributed by atoms with E-state index in [1.165, 1.54) is 13.8 Å². The summed E-state index contributed by atoms with van der Waals surface area (Å²) in [6, 6.07) is -2.21. The van der Waals surface area contributed by atoms with E-state index in [2.05, 4.69) is 0 Å². The first-order chi connectivity index (χ1) is 7.21. The van der Waals surface area contributed by atoms with Crippen molar-refractivity contribution in [1.82, 2.24) is 4.90 Å². The van der Waals surface area contributed by atoms with Gasteiger partial charge in [0.25, 0.3) is 0 Å². The normalized spacial score (nSPS) is 28.8. The second kappa shape index (κ2) is 4.04. The van der Waals surface area contributed by atoms with E-state index in [-0.39, 0.29) is 4.90 Å². The summed E-state index contributed by atoms with van der Waals surface area (Å²) in [5, 5.41) is 0. The Balaban J connectivity index is 3.04. The third-order valence-corrected chi connectivity index (χ3v) is 2.92. The Kier molecular flexibility index (Phi) is 3.27. The average Bonchev–Trinajstić information content (AvgIpc) is 2.34. The van der Waals surface area contributed by atoms with Crippen LogP contribution >= 0.6 is 0 Å². The molecule has 0 spiro atoms. The lowest BCUT2D eigenvalue weighted by molar-refractivity contribution is -0.189. The van der Waals surface area contributed by atoms with Gasteiger partial charge >= 0.3 is 6.18 Å². The van der Waals surface area contributed by atoms with Crippen molar-refractivity contribution in [2.24, 2.45) is 17.6 Å². The Labute approximate surface area is 90.6 Å². The molecule has 4 nitrogen and oxygen atoms in total. The standard InChI is InChI=1S/C9H13F3N2O2/c1-4-5(2)8(16)14(7(4)15)6(3-13)9(10,11)12/h4-6H,3,13H2,1-2H3. The van der Waals surface area contributed by atoms with Crippen LogP contribution < -0.4 is 5.73 Å². The van der Waals surface area contributed by atoms with E-state index in [9.17, 15) is 22.8 Å². The first-order valence-electron chi connectivity index (χ1n) is 4.85. The number of amides is 2. The predicted molar refractivity (Wildman–Crippen MR) is 49.1 cm³/mol. The molecule has 0 saturated carbocycles. The summed E-state index contributed by atoms with van der Waals surface area (Å²) in [7, 11) is 0. The van der Waals surface area contributed by atoms with E-state index in [1.807, 2.05) is 0 Å². The second-order valence-corrected chi connectivity index (χ2v) is 3.92. The van der Waals surface area contributed by atoms with Gasteiger partial charge in [0.2, 0.25) is 11.8 Å². The topological polar surface area (TPSA) is 63.4 Å². The molecule has 3 atom stereocenters. The summed E-state index contributed by atoms with van der Waals surface area (Å²) in [6.07, 6.45) is -4.68. The van der Waals surface area contributed by atoms with E-state index < -0.39 is 42.4 Å². The predicted octanol–water partition coefficient (Wildman–Crippen LogP) is 0.517. The highest BCUT2D eigenvalue weighted by molar-refractivity contribution is 6.05. The number of halogens is 3. The molecule has 7 heteroatoms. The van der Waals surface area contributed by atoms with Gasteiger partial charge in [-0.3, -0.25) is 14.5 Å². The van der Waals surface area contributed by atoms with E-state index in [0.29, 0.717) is 0 Å². The van der Waals surface area contributed by atoms with Crippen molar-refractivity contribution in [3.8, 4) is 0 Å². The van der Waals surface area contributed by atoms with Crippen molar-refractivity contribution in [3.63, 3.8) is 0 Å². The number of nitrogens with zero attached hydrogens (tertiary/aromatic N) is 1. The van der Waals surface area contributed by atoms with Crippen LogP contribution in [0, 0.1) is 11.8 Å². The molecule has 0 bridgehead atoms. The Morgan fingerprint density at radius 2 is 1.62 bits per heavy atom. The van der Waals surface area contributed by atoms with Crippen molar-refractivity contribution < 1.29 is 22.8 Å². The molecule has 1 heterocycles. The minimum atomic E-state index is -4.68.